The number of carbonyl (C=O) groups excluding carboxylic acids is 1. The number of hydrogen-bond acceptors (Lipinski definition) is 6. The molecule has 8 nitrogen and oxygen atoms in total. The van der Waals surface area contributed by atoms with E-state index in [1.54, 1.807) is 4.72 Å². The second-order valence-electron chi connectivity index (χ2n) is 4.95. The van der Waals surface area contributed by atoms with Crippen LogP contribution in [0.5, 0.6) is 11.5 Å². The Balaban J connectivity index is 2.41. The van der Waals surface area contributed by atoms with Gasteiger partial charge in [0, 0.05) is 17.2 Å². The first-order chi connectivity index (χ1) is 12.1. The van der Waals surface area contributed by atoms with Crippen molar-refractivity contribution in [3.8, 4) is 11.5 Å². The number of nitrogens with one attached hydrogen (secondary N) is 1. The molecule has 0 heterocycles. The van der Waals surface area contributed by atoms with Crippen LogP contribution in [0.15, 0.2) is 36.4 Å². The Morgan fingerprint density at radius 3 is 2.50 bits per heavy atom. The summed E-state index contributed by atoms with van der Waals surface area (Å²) in [7, 11) is -3.89. The van der Waals surface area contributed by atoms with Gasteiger partial charge in [0.05, 0.1) is 15.7 Å². The van der Waals surface area contributed by atoms with Gasteiger partial charge in [-0.15, -0.1) is 0 Å². The quantitative estimate of drug-likeness (QED) is 0.563. The van der Waals surface area contributed by atoms with E-state index in [0.717, 1.165) is 12.1 Å². The summed E-state index contributed by atoms with van der Waals surface area (Å²) in [6, 6.07) is 7.79. The van der Waals surface area contributed by atoms with Gasteiger partial charge in [-0.2, -0.15) is 0 Å². The van der Waals surface area contributed by atoms with Crippen LogP contribution >= 0.6 is 23.2 Å². The summed E-state index contributed by atoms with van der Waals surface area (Å²) >= 11 is 11.8. The van der Waals surface area contributed by atoms with Crippen LogP contribution in [0.1, 0.15) is 17.3 Å². The van der Waals surface area contributed by atoms with Crippen LogP contribution in [0.2, 0.25) is 10.0 Å². The van der Waals surface area contributed by atoms with Gasteiger partial charge in [0.15, 0.2) is 0 Å². The molecule has 0 aliphatic rings. The molecular weight excluding hydrogens is 407 g/mol. The molecule has 11 heteroatoms. The number of hydrogen-bond donors (Lipinski definition) is 1. The van der Waals surface area contributed by atoms with Gasteiger partial charge in [-0.05, 0) is 31.2 Å². The van der Waals surface area contributed by atoms with E-state index < -0.39 is 32.1 Å². The average Bonchev–Trinajstić information content (AvgIpc) is 2.56. The maximum absolute atomic E-state index is 12.2. The summed E-state index contributed by atoms with van der Waals surface area (Å²) in [5.41, 5.74) is -1.03. The molecule has 138 valence electrons. The second kappa shape index (κ2) is 7.90. The number of nitrogens with zero attached hydrogens (tertiary/aromatic N) is 1. The van der Waals surface area contributed by atoms with Crippen molar-refractivity contribution in [3.05, 3.63) is 62.1 Å². The van der Waals surface area contributed by atoms with Crippen LogP contribution in [0.4, 0.5) is 5.69 Å². The van der Waals surface area contributed by atoms with E-state index in [-0.39, 0.29) is 22.3 Å². The van der Waals surface area contributed by atoms with E-state index in [1.807, 2.05) is 0 Å². The summed E-state index contributed by atoms with van der Waals surface area (Å²) in [6.07, 6.45) is 0. The van der Waals surface area contributed by atoms with Crippen LogP contribution in [-0.4, -0.2) is 25.0 Å². The third-order valence-electron chi connectivity index (χ3n) is 3.16. The highest BCUT2D eigenvalue weighted by atomic mass is 35.5. The Morgan fingerprint density at radius 1 is 1.23 bits per heavy atom. The SMILES string of the molecule is CCS(=O)(=O)NC(=O)c1cc(Oc2ccc(Cl)cc2Cl)ccc1[N+](=O)[O-]. The van der Waals surface area contributed by atoms with Gasteiger partial charge in [0.2, 0.25) is 10.0 Å². The fourth-order valence-electron chi connectivity index (χ4n) is 1.87. The molecule has 1 N–H and O–H groups in total. The van der Waals surface area contributed by atoms with E-state index in [9.17, 15) is 23.3 Å². The standard InChI is InChI=1S/C15H12Cl2N2O6S/c1-2-26(23,24)18-15(20)11-8-10(4-5-13(11)19(21)22)25-14-6-3-9(16)7-12(14)17/h3-8H,2H2,1H3,(H,18,20). The highest BCUT2D eigenvalue weighted by Crippen LogP contribution is 2.33. The fourth-order valence-corrected chi connectivity index (χ4v) is 2.86. The van der Waals surface area contributed by atoms with Crippen molar-refractivity contribution in [3.63, 3.8) is 0 Å². The lowest BCUT2D eigenvalue weighted by Gasteiger charge is -2.10. The molecule has 2 aromatic rings. The highest BCUT2D eigenvalue weighted by molar-refractivity contribution is 7.90. The molecule has 0 atom stereocenters. The lowest BCUT2D eigenvalue weighted by atomic mass is 10.1. The average molecular weight is 419 g/mol. The van der Waals surface area contributed by atoms with Crippen LogP contribution in [0.25, 0.3) is 0 Å². The minimum Gasteiger partial charge on any atom is -0.456 e. The van der Waals surface area contributed by atoms with Gasteiger partial charge in [-0.25, -0.2) is 13.1 Å². The number of nitro benzene ring substituents is 1. The molecule has 0 aliphatic heterocycles. The van der Waals surface area contributed by atoms with Crippen molar-refractivity contribution >= 4 is 44.8 Å². The molecule has 0 bridgehead atoms. The minimum atomic E-state index is -3.89. The van der Waals surface area contributed by atoms with Crippen molar-refractivity contribution in [2.75, 3.05) is 5.75 Å². The van der Waals surface area contributed by atoms with Crippen molar-refractivity contribution in [1.82, 2.24) is 4.72 Å². The van der Waals surface area contributed by atoms with Gasteiger partial charge >= 0.3 is 0 Å². The number of rotatable bonds is 6. The summed E-state index contributed by atoms with van der Waals surface area (Å²) < 4.78 is 30.4. The van der Waals surface area contributed by atoms with E-state index in [2.05, 4.69) is 0 Å². The molecule has 0 aliphatic carbocycles. The van der Waals surface area contributed by atoms with Crippen molar-refractivity contribution in [2.24, 2.45) is 0 Å². The van der Waals surface area contributed by atoms with Crippen LogP contribution in [0, 0.1) is 10.1 Å². The molecule has 0 spiro atoms. The molecule has 26 heavy (non-hydrogen) atoms. The molecule has 0 saturated heterocycles. The predicted octanol–water partition coefficient (Wildman–Crippen LogP) is 3.77. The zero-order chi connectivity index (χ0) is 19.5. The van der Waals surface area contributed by atoms with Gasteiger partial charge in [0.1, 0.15) is 17.1 Å². The van der Waals surface area contributed by atoms with E-state index >= 15 is 0 Å². The maximum atomic E-state index is 12.2. The summed E-state index contributed by atoms with van der Waals surface area (Å²) in [5, 5.41) is 11.7. The summed E-state index contributed by atoms with van der Waals surface area (Å²) in [4.78, 5) is 22.5. The Kier molecular flexibility index (Phi) is 6.06. The monoisotopic (exact) mass is 418 g/mol. The van der Waals surface area contributed by atoms with Gasteiger partial charge < -0.3 is 4.74 Å². The first-order valence-electron chi connectivity index (χ1n) is 7.09. The highest BCUT2D eigenvalue weighted by Gasteiger charge is 2.24. The lowest BCUT2D eigenvalue weighted by molar-refractivity contribution is -0.385. The first-order valence-corrected chi connectivity index (χ1v) is 9.50. The van der Waals surface area contributed by atoms with Gasteiger partial charge in [-0.1, -0.05) is 23.2 Å². The Labute approximate surface area is 158 Å². The Morgan fingerprint density at radius 2 is 1.92 bits per heavy atom. The number of carbonyl (C=O) groups is 1. The largest absolute Gasteiger partial charge is 0.456 e. The number of benzene rings is 2. The van der Waals surface area contributed by atoms with Crippen molar-refractivity contribution in [2.45, 2.75) is 6.92 Å². The molecule has 0 aromatic heterocycles. The van der Waals surface area contributed by atoms with Crippen LogP contribution < -0.4 is 9.46 Å². The van der Waals surface area contributed by atoms with E-state index in [1.165, 1.54) is 31.2 Å². The zero-order valence-electron chi connectivity index (χ0n) is 13.2. The van der Waals surface area contributed by atoms with Gasteiger partial charge in [-0.3, -0.25) is 14.9 Å². The molecular formula is C15H12Cl2N2O6S. The molecule has 0 saturated carbocycles. The topological polar surface area (TPSA) is 116 Å². The summed E-state index contributed by atoms with van der Waals surface area (Å²) in [5.74, 6) is -1.23. The van der Waals surface area contributed by atoms with Crippen molar-refractivity contribution in [1.29, 1.82) is 0 Å². The molecule has 0 radical (unpaired) electrons. The third-order valence-corrected chi connectivity index (χ3v) is 4.95. The molecule has 1 amide bonds. The number of nitro groups is 1. The molecule has 2 aromatic carbocycles. The molecule has 0 unspecified atom stereocenters. The second-order valence-corrected chi connectivity index (χ2v) is 7.80. The lowest BCUT2D eigenvalue weighted by Crippen LogP contribution is -2.32. The minimum absolute atomic E-state index is 0.0545. The Bertz CT molecular complexity index is 978. The third kappa shape index (κ3) is 4.84. The van der Waals surface area contributed by atoms with Crippen LogP contribution in [0.3, 0.4) is 0 Å². The number of sulfonamides is 1. The number of ether oxygens (including phenoxy) is 1. The maximum Gasteiger partial charge on any atom is 0.282 e. The van der Waals surface area contributed by atoms with Crippen LogP contribution in [-0.2, 0) is 10.0 Å². The van der Waals surface area contributed by atoms with Gasteiger partial charge in [0.25, 0.3) is 11.6 Å². The summed E-state index contributed by atoms with van der Waals surface area (Å²) in [6.45, 7) is 1.33. The predicted molar refractivity (Wildman–Crippen MR) is 96.6 cm³/mol. The Hall–Kier alpha value is -2.36. The van der Waals surface area contributed by atoms with E-state index in [0.29, 0.717) is 5.02 Å². The first kappa shape index (κ1) is 20.0. The number of amides is 1. The van der Waals surface area contributed by atoms with E-state index in [4.69, 9.17) is 27.9 Å². The number of halogens is 2. The smallest absolute Gasteiger partial charge is 0.282 e. The van der Waals surface area contributed by atoms with Crippen molar-refractivity contribution < 1.29 is 22.9 Å². The normalized spacial score (nSPS) is 11.0. The molecule has 2 rings (SSSR count). The fraction of sp³-hybridized carbons (Fsp3) is 0.133. The molecule has 0 fully saturated rings. The zero-order valence-corrected chi connectivity index (χ0v) is 15.6.